The van der Waals surface area contributed by atoms with Crippen LogP contribution >= 0.6 is 0 Å². The summed E-state index contributed by atoms with van der Waals surface area (Å²) < 4.78 is 5.35. The Kier molecular flexibility index (Phi) is 6.20. The second-order valence-electron chi connectivity index (χ2n) is 5.87. The predicted octanol–water partition coefficient (Wildman–Crippen LogP) is 1.60. The average Bonchev–Trinajstić information content (AvgIpc) is 2.46. The van der Waals surface area contributed by atoms with Crippen molar-refractivity contribution in [2.75, 3.05) is 56.6 Å². The van der Waals surface area contributed by atoms with E-state index < -0.39 is 0 Å². The molecule has 1 aromatic heterocycles. The lowest BCUT2D eigenvalue weighted by atomic mass is 10.2. The van der Waals surface area contributed by atoms with E-state index in [0.29, 0.717) is 11.9 Å². The molecule has 6 heteroatoms. The predicted molar refractivity (Wildman–Crippen MR) is 85.8 cm³/mol. The van der Waals surface area contributed by atoms with E-state index >= 15 is 0 Å². The van der Waals surface area contributed by atoms with Crippen LogP contribution in [-0.4, -0.2) is 60.8 Å². The first kappa shape index (κ1) is 16.0. The van der Waals surface area contributed by atoms with Gasteiger partial charge in [0.25, 0.3) is 0 Å². The molecule has 21 heavy (non-hydrogen) atoms. The average molecular weight is 293 g/mol. The van der Waals surface area contributed by atoms with Crippen LogP contribution in [0, 0.1) is 12.8 Å². The summed E-state index contributed by atoms with van der Waals surface area (Å²) in [7, 11) is 0. The highest BCUT2D eigenvalue weighted by atomic mass is 16.5. The number of nitrogens with zero attached hydrogens (tertiary/aromatic N) is 3. The number of morpholine rings is 1. The van der Waals surface area contributed by atoms with E-state index in [4.69, 9.17) is 4.74 Å². The van der Waals surface area contributed by atoms with E-state index in [1.807, 2.05) is 13.0 Å². The zero-order valence-electron chi connectivity index (χ0n) is 13.4. The maximum absolute atomic E-state index is 5.35. The van der Waals surface area contributed by atoms with Gasteiger partial charge in [0.15, 0.2) is 0 Å². The molecule has 1 aromatic rings. The van der Waals surface area contributed by atoms with Crippen molar-refractivity contribution in [1.82, 2.24) is 14.9 Å². The Bertz CT molecular complexity index is 432. The molecule has 1 saturated heterocycles. The molecule has 0 saturated carbocycles. The fourth-order valence-electron chi connectivity index (χ4n) is 2.20. The smallest absolute Gasteiger partial charge is 0.224 e. The Morgan fingerprint density at radius 3 is 2.71 bits per heavy atom. The summed E-state index contributed by atoms with van der Waals surface area (Å²) in [5.41, 5.74) is 0.977. The van der Waals surface area contributed by atoms with Crippen LogP contribution in [0.4, 0.5) is 11.8 Å². The van der Waals surface area contributed by atoms with Crippen LogP contribution in [0.2, 0.25) is 0 Å². The number of hydrogen-bond acceptors (Lipinski definition) is 6. The molecule has 1 fully saturated rings. The summed E-state index contributed by atoms with van der Waals surface area (Å²) in [4.78, 5) is 11.3. The Balaban J connectivity index is 1.81. The zero-order chi connectivity index (χ0) is 15.1. The minimum atomic E-state index is 0.595. The van der Waals surface area contributed by atoms with Gasteiger partial charge in [-0.15, -0.1) is 0 Å². The second-order valence-corrected chi connectivity index (χ2v) is 5.87. The number of nitrogens with one attached hydrogen (secondary N) is 2. The third-order valence-electron chi connectivity index (χ3n) is 3.36. The normalized spacial score (nSPS) is 16.2. The molecular formula is C15H27N5O. The molecule has 0 aliphatic carbocycles. The summed E-state index contributed by atoms with van der Waals surface area (Å²) in [6.45, 7) is 12.8. The zero-order valence-corrected chi connectivity index (χ0v) is 13.4. The minimum absolute atomic E-state index is 0.595. The van der Waals surface area contributed by atoms with Crippen LogP contribution in [0.3, 0.4) is 0 Å². The fraction of sp³-hybridized carbons (Fsp3) is 0.733. The maximum atomic E-state index is 5.35. The third kappa shape index (κ3) is 5.85. The van der Waals surface area contributed by atoms with Crippen molar-refractivity contribution in [2.24, 2.45) is 5.92 Å². The van der Waals surface area contributed by atoms with E-state index in [0.717, 1.165) is 57.4 Å². The molecule has 0 aromatic carbocycles. The minimum Gasteiger partial charge on any atom is -0.379 e. The van der Waals surface area contributed by atoms with Crippen LogP contribution in [0.15, 0.2) is 6.07 Å². The van der Waals surface area contributed by atoms with E-state index in [-0.39, 0.29) is 0 Å². The maximum Gasteiger partial charge on any atom is 0.224 e. The first-order valence-electron chi connectivity index (χ1n) is 7.77. The van der Waals surface area contributed by atoms with Crippen molar-refractivity contribution in [3.63, 3.8) is 0 Å². The molecule has 2 heterocycles. The highest BCUT2D eigenvalue weighted by Gasteiger charge is 2.09. The second kappa shape index (κ2) is 8.14. The van der Waals surface area contributed by atoms with Crippen LogP contribution < -0.4 is 10.6 Å². The van der Waals surface area contributed by atoms with Crippen molar-refractivity contribution >= 4 is 11.8 Å². The Morgan fingerprint density at radius 2 is 2.00 bits per heavy atom. The summed E-state index contributed by atoms with van der Waals surface area (Å²) in [5, 5.41) is 6.66. The van der Waals surface area contributed by atoms with Crippen molar-refractivity contribution < 1.29 is 4.74 Å². The van der Waals surface area contributed by atoms with E-state index in [1.54, 1.807) is 0 Å². The molecular weight excluding hydrogens is 266 g/mol. The number of anilines is 2. The largest absolute Gasteiger partial charge is 0.379 e. The molecule has 118 valence electrons. The molecule has 2 N–H and O–H groups in total. The SMILES string of the molecule is Cc1cc(NCC(C)C)nc(NCCN2CCOCC2)n1. The van der Waals surface area contributed by atoms with Gasteiger partial charge >= 0.3 is 0 Å². The number of aromatic nitrogens is 2. The molecule has 1 aliphatic heterocycles. The van der Waals surface area contributed by atoms with Gasteiger partial charge in [-0.05, 0) is 12.8 Å². The van der Waals surface area contributed by atoms with Gasteiger partial charge in [-0.3, -0.25) is 4.90 Å². The fourth-order valence-corrected chi connectivity index (χ4v) is 2.20. The summed E-state index contributed by atoms with van der Waals surface area (Å²) >= 11 is 0. The molecule has 0 amide bonds. The van der Waals surface area contributed by atoms with Crippen molar-refractivity contribution in [3.05, 3.63) is 11.8 Å². The molecule has 0 atom stereocenters. The Hall–Kier alpha value is -1.40. The summed E-state index contributed by atoms with van der Waals surface area (Å²) in [5.74, 6) is 2.19. The Morgan fingerprint density at radius 1 is 1.24 bits per heavy atom. The monoisotopic (exact) mass is 293 g/mol. The first-order chi connectivity index (χ1) is 10.1. The molecule has 6 nitrogen and oxygen atoms in total. The molecule has 2 rings (SSSR count). The summed E-state index contributed by atoms with van der Waals surface area (Å²) in [6, 6.07) is 1.98. The molecule has 0 spiro atoms. The van der Waals surface area contributed by atoms with Gasteiger partial charge in [0.05, 0.1) is 13.2 Å². The molecule has 1 aliphatic rings. The lowest BCUT2D eigenvalue weighted by Crippen LogP contribution is -2.39. The van der Waals surface area contributed by atoms with E-state index in [1.165, 1.54) is 0 Å². The quantitative estimate of drug-likeness (QED) is 0.796. The van der Waals surface area contributed by atoms with E-state index in [9.17, 15) is 0 Å². The summed E-state index contributed by atoms with van der Waals surface area (Å²) in [6.07, 6.45) is 0. The van der Waals surface area contributed by atoms with Crippen LogP contribution in [-0.2, 0) is 4.74 Å². The molecule has 0 unspecified atom stereocenters. The van der Waals surface area contributed by atoms with Gasteiger partial charge < -0.3 is 15.4 Å². The number of rotatable bonds is 7. The van der Waals surface area contributed by atoms with Gasteiger partial charge in [-0.1, -0.05) is 13.8 Å². The third-order valence-corrected chi connectivity index (χ3v) is 3.36. The number of ether oxygens (including phenoxy) is 1. The van der Waals surface area contributed by atoms with Crippen LogP contribution in [0.1, 0.15) is 19.5 Å². The van der Waals surface area contributed by atoms with Crippen LogP contribution in [0.5, 0.6) is 0 Å². The van der Waals surface area contributed by atoms with Crippen molar-refractivity contribution in [3.8, 4) is 0 Å². The highest BCUT2D eigenvalue weighted by Crippen LogP contribution is 2.10. The van der Waals surface area contributed by atoms with Gasteiger partial charge in [-0.2, -0.15) is 4.98 Å². The lowest BCUT2D eigenvalue weighted by Gasteiger charge is -2.26. The Labute approximate surface area is 127 Å². The van der Waals surface area contributed by atoms with Crippen molar-refractivity contribution in [2.45, 2.75) is 20.8 Å². The van der Waals surface area contributed by atoms with E-state index in [2.05, 4.69) is 39.3 Å². The van der Waals surface area contributed by atoms with Gasteiger partial charge in [0.2, 0.25) is 5.95 Å². The van der Waals surface area contributed by atoms with Gasteiger partial charge in [0.1, 0.15) is 5.82 Å². The highest BCUT2D eigenvalue weighted by molar-refractivity contribution is 5.42. The van der Waals surface area contributed by atoms with Crippen molar-refractivity contribution in [1.29, 1.82) is 0 Å². The van der Waals surface area contributed by atoms with Crippen LogP contribution in [0.25, 0.3) is 0 Å². The standard InChI is InChI=1S/C15H27N5O/c1-12(2)11-17-14-10-13(3)18-15(19-14)16-4-5-20-6-8-21-9-7-20/h10,12H,4-9,11H2,1-3H3,(H2,16,17,18,19). The number of hydrogen-bond donors (Lipinski definition) is 2. The first-order valence-corrected chi connectivity index (χ1v) is 7.77. The number of aryl methyl sites for hydroxylation is 1. The molecule has 0 radical (unpaired) electrons. The van der Waals surface area contributed by atoms with Gasteiger partial charge in [0, 0.05) is 44.5 Å². The molecule has 0 bridgehead atoms. The topological polar surface area (TPSA) is 62.3 Å². The lowest BCUT2D eigenvalue weighted by molar-refractivity contribution is 0.0398. The van der Waals surface area contributed by atoms with Gasteiger partial charge in [-0.25, -0.2) is 4.98 Å².